The molecule has 8 nitrogen and oxygen atoms in total. The highest BCUT2D eigenvalue weighted by atomic mass is 32.2. The van der Waals surface area contributed by atoms with E-state index in [1.54, 1.807) is 29.1 Å². The minimum atomic E-state index is -2.93. The van der Waals surface area contributed by atoms with E-state index in [9.17, 15) is 18.8 Å². The smallest absolute Gasteiger partial charge is 0.150 e. The van der Waals surface area contributed by atoms with Crippen molar-refractivity contribution < 1.29 is 13.6 Å². The number of aromatic nitrogens is 2. The van der Waals surface area contributed by atoms with Gasteiger partial charge < -0.3 is 10.4 Å². The van der Waals surface area contributed by atoms with Crippen LogP contribution >= 0.6 is 12.2 Å². The quantitative estimate of drug-likeness (QED) is 0.294. The monoisotopic (exact) mass is 483 g/mol. The number of benzene rings is 2. The van der Waals surface area contributed by atoms with E-state index in [1.807, 2.05) is 36.5 Å². The second-order valence-electron chi connectivity index (χ2n) is 8.02. The van der Waals surface area contributed by atoms with Gasteiger partial charge in [0.05, 0.1) is 29.4 Å². The molecule has 3 aromatic rings. The molecule has 0 bridgehead atoms. The van der Waals surface area contributed by atoms with Crippen LogP contribution in [0.15, 0.2) is 65.8 Å². The van der Waals surface area contributed by atoms with Crippen LogP contribution in [-0.2, 0) is 9.84 Å². The van der Waals surface area contributed by atoms with Crippen molar-refractivity contribution in [2.75, 3.05) is 23.3 Å². The second kappa shape index (κ2) is 9.92. The van der Waals surface area contributed by atoms with Crippen molar-refractivity contribution in [2.45, 2.75) is 12.8 Å². The van der Waals surface area contributed by atoms with Gasteiger partial charge in [-0.25, -0.2) is 13.1 Å². The van der Waals surface area contributed by atoms with Gasteiger partial charge in [-0.2, -0.15) is 5.10 Å². The van der Waals surface area contributed by atoms with E-state index in [0.717, 1.165) is 16.1 Å². The lowest BCUT2D eigenvalue weighted by Gasteiger charge is -2.21. The van der Waals surface area contributed by atoms with Gasteiger partial charge in [0, 0.05) is 28.4 Å². The Kier molecular flexibility index (Phi) is 6.99. The van der Waals surface area contributed by atoms with Gasteiger partial charge in [-0.05, 0) is 43.0 Å². The van der Waals surface area contributed by atoms with E-state index in [1.165, 1.54) is 6.07 Å². The van der Waals surface area contributed by atoms with Gasteiger partial charge in [-0.15, -0.1) is 0 Å². The van der Waals surface area contributed by atoms with Gasteiger partial charge in [0.25, 0.3) is 0 Å². The Bertz CT molecular complexity index is 1270. The maximum absolute atomic E-state index is 11.7. The molecular formula is C23H23N4O4S2-. The average molecular weight is 484 g/mol. The van der Waals surface area contributed by atoms with Gasteiger partial charge in [0.15, 0.2) is 9.84 Å². The number of para-hydroxylation sites is 1. The molecule has 0 radical (unpaired) electrons. The third-order valence-electron chi connectivity index (χ3n) is 5.44. The molecule has 2 aromatic carbocycles. The fraction of sp³-hybridized carbons (Fsp3) is 0.261. The molecule has 0 spiro atoms. The normalized spacial score (nSPS) is 17.5. The Balaban J connectivity index is 1.56. The van der Waals surface area contributed by atoms with Gasteiger partial charge in [-0.3, -0.25) is 10.2 Å². The van der Waals surface area contributed by atoms with Crippen LogP contribution in [0.4, 0.5) is 5.69 Å². The summed E-state index contributed by atoms with van der Waals surface area (Å²) in [5.74, 6) is 0.507. The Morgan fingerprint density at radius 3 is 2.76 bits per heavy atom. The molecular weight excluding hydrogens is 460 g/mol. The summed E-state index contributed by atoms with van der Waals surface area (Å²) in [4.78, 5) is 5.20. The molecule has 172 valence electrons. The number of aliphatic imine (C=N–C) groups is 1. The average Bonchev–Trinajstić information content (AvgIpc) is 3.37. The zero-order valence-electron chi connectivity index (χ0n) is 17.7. The zero-order valence-corrected chi connectivity index (χ0v) is 19.4. The lowest BCUT2D eigenvalue weighted by molar-refractivity contribution is 0.296. The molecule has 0 saturated carbocycles. The summed E-state index contributed by atoms with van der Waals surface area (Å²) in [7, 11) is -2.93. The summed E-state index contributed by atoms with van der Waals surface area (Å²) in [5, 5.41) is 25.1. The minimum absolute atomic E-state index is 0.0744. The lowest BCUT2D eigenvalue weighted by atomic mass is 10.0. The SMILES string of the molecule is O=S1(=O)CCC(CC(=S)CN=Cc2cn(-c3ccccc3)nc2-c2cccc(N([O-])O)c2)C1. The first-order valence-electron chi connectivity index (χ1n) is 10.4. The second-order valence-corrected chi connectivity index (χ2v) is 10.8. The van der Waals surface area contributed by atoms with E-state index in [0.29, 0.717) is 30.6 Å². The van der Waals surface area contributed by atoms with E-state index < -0.39 is 9.84 Å². The van der Waals surface area contributed by atoms with Crippen LogP contribution in [0, 0.1) is 11.1 Å². The molecule has 1 aliphatic heterocycles. The van der Waals surface area contributed by atoms with E-state index in [2.05, 4.69) is 10.1 Å². The third-order valence-corrected chi connectivity index (χ3v) is 7.58. The standard InChI is InChI=1S/C23H23N4O4S2/c28-27(29)21-8-4-5-18(12-21)23-19(15-26(25-23)20-6-2-1-3-7-20)13-24-14-22(32)11-17-9-10-33(30,31)16-17/h1-8,12-13,15,17,28H,9-11,14,16H2/q-1. The summed E-state index contributed by atoms with van der Waals surface area (Å²) in [6.07, 6.45) is 4.74. The molecule has 1 fully saturated rings. The maximum atomic E-state index is 11.7. The number of hydrogen-bond donors (Lipinski definition) is 1. The number of thiocarbonyl (C=S) groups is 1. The van der Waals surface area contributed by atoms with Crippen molar-refractivity contribution in [2.24, 2.45) is 10.9 Å². The number of sulfone groups is 1. The molecule has 1 aliphatic rings. The Hall–Kier alpha value is -2.92. The van der Waals surface area contributed by atoms with Crippen LogP contribution in [0.2, 0.25) is 0 Å². The van der Waals surface area contributed by atoms with Crippen LogP contribution in [0.5, 0.6) is 0 Å². The predicted molar refractivity (Wildman–Crippen MR) is 133 cm³/mol. The molecule has 10 heteroatoms. The zero-order chi connectivity index (χ0) is 23.4. The molecule has 1 saturated heterocycles. The first kappa shape index (κ1) is 23.2. The number of hydrogen-bond acceptors (Lipinski definition) is 8. The summed E-state index contributed by atoms with van der Waals surface area (Å²) in [6, 6.07) is 16.1. The van der Waals surface area contributed by atoms with Crippen molar-refractivity contribution in [3.8, 4) is 16.9 Å². The van der Waals surface area contributed by atoms with Crippen molar-refractivity contribution >= 4 is 38.8 Å². The molecule has 0 aliphatic carbocycles. The van der Waals surface area contributed by atoms with Crippen LogP contribution < -0.4 is 5.23 Å². The first-order valence-corrected chi connectivity index (χ1v) is 12.7. The Morgan fingerprint density at radius 1 is 1.27 bits per heavy atom. The molecule has 0 amide bonds. The highest BCUT2D eigenvalue weighted by Crippen LogP contribution is 2.26. The Labute approximate surface area is 197 Å². The lowest BCUT2D eigenvalue weighted by Crippen LogP contribution is -2.11. The minimum Gasteiger partial charge on any atom is -0.733 e. The molecule has 1 unspecified atom stereocenters. The fourth-order valence-electron chi connectivity index (χ4n) is 3.86. The summed E-state index contributed by atoms with van der Waals surface area (Å²) in [5.41, 5.74) is 2.92. The van der Waals surface area contributed by atoms with Crippen LogP contribution in [0.1, 0.15) is 18.4 Å². The molecule has 2 heterocycles. The highest BCUT2D eigenvalue weighted by Gasteiger charge is 2.28. The van der Waals surface area contributed by atoms with E-state index in [-0.39, 0.29) is 28.3 Å². The molecule has 1 atom stereocenters. The van der Waals surface area contributed by atoms with Gasteiger partial charge in [0.1, 0.15) is 5.69 Å². The predicted octanol–water partition coefficient (Wildman–Crippen LogP) is 3.85. The van der Waals surface area contributed by atoms with Crippen molar-refractivity contribution in [1.82, 2.24) is 9.78 Å². The maximum Gasteiger partial charge on any atom is 0.150 e. The molecule has 1 N–H and O–H groups in total. The van der Waals surface area contributed by atoms with Crippen molar-refractivity contribution in [3.05, 3.63) is 71.6 Å². The first-order chi connectivity index (χ1) is 15.8. The molecule has 33 heavy (non-hydrogen) atoms. The number of rotatable bonds is 8. The van der Waals surface area contributed by atoms with Crippen LogP contribution in [0.25, 0.3) is 16.9 Å². The van der Waals surface area contributed by atoms with Crippen LogP contribution in [-0.4, -0.2) is 52.5 Å². The van der Waals surface area contributed by atoms with Crippen molar-refractivity contribution in [3.63, 3.8) is 0 Å². The fourth-order valence-corrected chi connectivity index (χ4v) is 6.03. The number of anilines is 1. The summed E-state index contributed by atoms with van der Waals surface area (Å²) in [6.45, 7) is 0.312. The van der Waals surface area contributed by atoms with Gasteiger partial charge in [-0.1, -0.05) is 42.5 Å². The Morgan fingerprint density at radius 2 is 2.06 bits per heavy atom. The highest BCUT2D eigenvalue weighted by molar-refractivity contribution is 7.91. The third kappa shape index (κ3) is 5.91. The topological polar surface area (TPSA) is 111 Å². The molecule has 1 aromatic heterocycles. The number of nitrogens with zero attached hydrogens (tertiary/aromatic N) is 4. The van der Waals surface area contributed by atoms with Gasteiger partial charge >= 0.3 is 0 Å². The van der Waals surface area contributed by atoms with Crippen LogP contribution in [0.3, 0.4) is 0 Å². The van der Waals surface area contributed by atoms with E-state index >= 15 is 0 Å². The summed E-state index contributed by atoms with van der Waals surface area (Å²) >= 11 is 5.44. The van der Waals surface area contributed by atoms with Crippen molar-refractivity contribution in [1.29, 1.82) is 0 Å². The van der Waals surface area contributed by atoms with E-state index in [4.69, 9.17) is 12.2 Å². The summed E-state index contributed by atoms with van der Waals surface area (Å²) < 4.78 is 25.0. The van der Waals surface area contributed by atoms with Gasteiger partial charge in [0.2, 0.25) is 0 Å². The molecule has 4 rings (SSSR count). The largest absolute Gasteiger partial charge is 0.733 e.